The lowest BCUT2D eigenvalue weighted by molar-refractivity contribution is -0.186. The third-order valence-electron chi connectivity index (χ3n) is 4.14. The highest BCUT2D eigenvalue weighted by atomic mass is 32.1. The van der Waals surface area contributed by atoms with Crippen molar-refractivity contribution in [1.29, 1.82) is 0 Å². The molecule has 2 aromatic rings. The summed E-state index contributed by atoms with van der Waals surface area (Å²) in [5.41, 5.74) is 0.936. The van der Waals surface area contributed by atoms with E-state index in [9.17, 15) is 18.0 Å². The lowest BCUT2D eigenvalue weighted by Crippen LogP contribution is -2.46. The van der Waals surface area contributed by atoms with Crippen LogP contribution in [0.25, 0.3) is 11.4 Å². The van der Waals surface area contributed by atoms with E-state index >= 15 is 0 Å². The van der Waals surface area contributed by atoms with Crippen LogP contribution >= 0.6 is 11.5 Å². The number of rotatable bonds is 4. The van der Waals surface area contributed by atoms with Gasteiger partial charge in [-0.15, -0.1) is 0 Å². The number of nitrogens with zero attached hydrogens (tertiary/aromatic N) is 3. The molecule has 0 radical (unpaired) electrons. The number of likely N-dealkylation sites (tertiary alicyclic amines) is 1. The first kappa shape index (κ1) is 17.7. The fourth-order valence-corrected chi connectivity index (χ4v) is 3.35. The minimum absolute atomic E-state index is 0.135. The van der Waals surface area contributed by atoms with Crippen LogP contribution in [0.15, 0.2) is 30.3 Å². The molecular weight excluding hydrogens is 353 g/mol. The van der Waals surface area contributed by atoms with Crippen molar-refractivity contribution in [2.45, 2.75) is 19.0 Å². The fourth-order valence-electron chi connectivity index (χ4n) is 2.75. The lowest BCUT2D eigenvalue weighted by atomic mass is 9.97. The second kappa shape index (κ2) is 7.38. The fraction of sp³-hybridized carbons (Fsp3) is 0.438. The molecule has 3 rings (SSSR count). The van der Waals surface area contributed by atoms with E-state index in [1.165, 1.54) is 11.5 Å². The second-order valence-corrected chi connectivity index (χ2v) is 6.66. The van der Waals surface area contributed by atoms with Crippen molar-refractivity contribution in [3.63, 3.8) is 0 Å². The molecule has 1 aliphatic rings. The standard InChI is InChI=1S/C16H17F3N4OS/c17-16(18,19)14(24)23-8-6-11(7-9-23)10-20-15-21-13(22-25-15)12-4-2-1-3-5-12/h1-5,11H,6-10H2,(H,20,21,22). The Morgan fingerprint density at radius 3 is 2.56 bits per heavy atom. The van der Waals surface area contributed by atoms with Crippen molar-refractivity contribution in [3.05, 3.63) is 30.3 Å². The Balaban J connectivity index is 1.48. The zero-order valence-corrected chi connectivity index (χ0v) is 14.1. The van der Waals surface area contributed by atoms with Crippen LogP contribution in [-0.2, 0) is 4.79 Å². The van der Waals surface area contributed by atoms with E-state index in [0.29, 0.717) is 30.3 Å². The van der Waals surface area contributed by atoms with Gasteiger partial charge in [0, 0.05) is 36.7 Å². The SMILES string of the molecule is O=C(N1CCC(CNc2nc(-c3ccccc3)ns2)CC1)C(F)(F)F. The average molecular weight is 370 g/mol. The van der Waals surface area contributed by atoms with Gasteiger partial charge in [0.1, 0.15) is 0 Å². The Morgan fingerprint density at radius 2 is 1.92 bits per heavy atom. The van der Waals surface area contributed by atoms with Crippen LogP contribution in [0.1, 0.15) is 12.8 Å². The van der Waals surface area contributed by atoms with Gasteiger partial charge in [0.15, 0.2) is 5.82 Å². The van der Waals surface area contributed by atoms with E-state index in [0.717, 1.165) is 10.5 Å². The van der Waals surface area contributed by atoms with Gasteiger partial charge in [0.25, 0.3) is 0 Å². The molecule has 1 fully saturated rings. The summed E-state index contributed by atoms with van der Waals surface area (Å²) in [4.78, 5) is 16.5. The first-order valence-electron chi connectivity index (χ1n) is 7.92. The number of piperidine rings is 1. The largest absolute Gasteiger partial charge is 0.471 e. The summed E-state index contributed by atoms with van der Waals surface area (Å²) in [6.07, 6.45) is -3.70. The minimum atomic E-state index is -4.79. The van der Waals surface area contributed by atoms with Crippen molar-refractivity contribution in [3.8, 4) is 11.4 Å². The average Bonchev–Trinajstić information content (AvgIpc) is 3.09. The number of amides is 1. The summed E-state index contributed by atoms with van der Waals surface area (Å²) in [5, 5.41) is 3.89. The molecule has 25 heavy (non-hydrogen) atoms. The van der Waals surface area contributed by atoms with Gasteiger partial charge >= 0.3 is 12.1 Å². The van der Waals surface area contributed by atoms with Crippen LogP contribution in [0.3, 0.4) is 0 Å². The predicted octanol–water partition coefficient (Wildman–Crippen LogP) is 3.42. The Labute approximate surface area is 147 Å². The smallest absolute Gasteiger partial charge is 0.360 e. The first-order valence-corrected chi connectivity index (χ1v) is 8.70. The van der Waals surface area contributed by atoms with E-state index in [-0.39, 0.29) is 19.0 Å². The molecule has 1 N–H and O–H groups in total. The maximum Gasteiger partial charge on any atom is 0.471 e. The molecule has 1 saturated heterocycles. The predicted molar refractivity (Wildman–Crippen MR) is 89.2 cm³/mol. The molecule has 0 atom stereocenters. The van der Waals surface area contributed by atoms with E-state index < -0.39 is 12.1 Å². The zero-order chi connectivity index (χ0) is 17.9. The summed E-state index contributed by atoms with van der Waals surface area (Å²) < 4.78 is 41.6. The molecule has 1 aromatic heterocycles. The Bertz CT molecular complexity index is 712. The Hall–Kier alpha value is -2.16. The molecule has 0 saturated carbocycles. The quantitative estimate of drug-likeness (QED) is 0.896. The zero-order valence-electron chi connectivity index (χ0n) is 13.3. The third-order valence-corrected chi connectivity index (χ3v) is 4.82. The molecule has 5 nitrogen and oxygen atoms in total. The molecular formula is C16H17F3N4OS. The van der Waals surface area contributed by atoms with Crippen LogP contribution in [0.4, 0.5) is 18.3 Å². The van der Waals surface area contributed by atoms with E-state index in [4.69, 9.17) is 0 Å². The van der Waals surface area contributed by atoms with E-state index in [2.05, 4.69) is 14.7 Å². The first-order chi connectivity index (χ1) is 11.9. The molecule has 0 aliphatic carbocycles. The Kier molecular flexibility index (Phi) is 5.22. The second-order valence-electron chi connectivity index (χ2n) is 5.90. The van der Waals surface area contributed by atoms with Gasteiger partial charge < -0.3 is 10.2 Å². The summed E-state index contributed by atoms with van der Waals surface area (Å²) in [5.74, 6) is -0.879. The number of alkyl halides is 3. The van der Waals surface area contributed by atoms with Gasteiger partial charge in [0.2, 0.25) is 5.13 Å². The summed E-state index contributed by atoms with van der Waals surface area (Å²) >= 11 is 1.26. The van der Waals surface area contributed by atoms with Gasteiger partial charge in [-0.05, 0) is 18.8 Å². The third kappa shape index (κ3) is 4.47. The minimum Gasteiger partial charge on any atom is -0.360 e. The van der Waals surface area contributed by atoms with Crippen LogP contribution in [0.5, 0.6) is 0 Å². The van der Waals surface area contributed by atoms with Crippen molar-refractivity contribution >= 4 is 22.6 Å². The van der Waals surface area contributed by atoms with Gasteiger partial charge in [-0.1, -0.05) is 30.3 Å². The van der Waals surface area contributed by atoms with Crippen LogP contribution in [0, 0.1) is 5.92 Å². The highest BCUT2D eigenvalue weighted by molar-refractivity contribution is 7.09. The summed E-state index contributed by atoms with van der Waals surface area (Å²) in [7, 11) is 0. The van der Waals surface area contributed by atoms with Gasteiger partial charge in [0.05, 0.1) is 0 Å². The highest BCUT2D eigenvalue weighted by Crippen LogP contribution is 2.25. The van der Waals surface area contributed by atoms with Crippen LogP contribution in [-0.4, -0.2) is 46.0 Å². The van der Waals surface area contributed by atoms with Gasteiger partial charge in [-0.3, -0.25) is 4.79 Å². The molecule has 0 spiro atoms. The number of aromatic nitrogens is 2. The highest BCUT2D eigenvalue weighted by Gasteiger charge is 2.43. The number of nitrogens with one attached hydrogen (secondary N) is 1. The van der Waals surface area contributed by atoms with Crippen molar-refractivity contribution in [2.24, 2.45) is 5.92 Å². The topological polar surface area (TPSA) is 58.1 Å². The number of benzene rings is 1. The van der Waals surface area contributed by atoms with E-state index in [1.54, 1.807) is 0 Å². The van der Waals surface area contributed by atoms with Crippen LogP contribution < -0.4 is 5.32 Å². The molecule has 1 aliphatic heterocycles. The number of hydrogen-bond acceptors (Lipinski definition) is 5. The number of anilines is 1. The molecule has 1 aromatic carbocycles. The number of halogens is 3. The molecule has 0 unspecified atom stereocenters. The van der Waals surface area contributed by atoms with Crippen molar-refractivity contribution < 1.29 is 18.0 Å². The Morgan fingerprint density at radius 1 is 1.24 bits per heavy atom. The molecule has 2 heterocycles. The van der Waals surface area contributed by atoms with Gasteiger partial charge in [-0.2, -0.15) is 22.5 Å². The molecule has 9 heteroatoms. The molecule has 1 amide bonds. The molecule has 0 bridgehead atoms. The number of hydrogen-bond donors (Lipinski definition) is 1. The number of carbonyl (C=O) groups excluding carboxylic acids is 1. The number of carbonyl (C=O) groups is 1. The van der Waals surface area contributed by atoms with Gasteiger partial charge in [-0.25, -0.2) is 0 Å². The monoisotopic (exact) mass is 370 g/mol. The normalized spacial score (nSPS) is 16.0. The maximum absolute atomic E-state index is 12.4. The summed E-state index contributed by atoms with van der Waals surface area (Å²) in [6, 6.07) is 9.61. The van der Waals surface area contributed by atoms with Crippen molar-refractivity contribution in [2.75, 3.05) is 25.0 Å². The van der Waals surface area contributed by atoms with E-state index in [1.807, 2.05) is 30.3 Å². The van der Waals surface area contributed by atoms with Crippen molar-refractivity contribution in [1.82, 2.24) is 14.3 Å². The molecule has 134 valence electrons. The lowest BCUT2D eigenvalue weighted by Gasteiger charge is -2.32. The summed E-state index contributed by atoms with van der Waals surface area (Å²) in [6.45, 7) is 0.879. The maximum atomic E-state index is 12.4. The van der Waals surface area contributed by atoms with Crippen LogP contribution in [0.2, 0.25) is 0 Å².